The van der Waals surface area contributed by atoms with Crippen LogP contribution < -0.4 is 10.9 Å². The van der Waals surface area contributed by atoms with Crippen molar-refractivity contribution in [3.63, 3.8) is 0 Å². The highest BCUT2D eigenvalue weighted by molar-refractivity contribution is 7.13. The number of hydrazine groups is 1. The van der Waals surface area contributed by atoms with Gasteiger partial charge in [0.15, 0.2) is 0 Å². The molecule has 1 aromatic heterocycles. The molecule has 1 heterocycles. The van der Waals surface area contributed by atoms with Gasteiger partial charge in [-0.05, 0) is 58.0 Å². The fourth-order valence-electron chi connectivity index (χ4n) is 2.24. The lowest BCUT2D eigenvalue weighted by atomic mass is 10.2. The molecule has 0 unspecified atom stereocenters. The average molecular weight is 325 g/mol. The number of nitrogens with zero attached hydrogens (tertiary/aromatic N) is 1. The summed E-state index contributed by atoms with van der Waals surface area (Å²) in [5.41, 5.74) is 4.94. The predicted molar refractivity (Wildman–Crippen MR) is 90.9 cm³/mol. The van der Waals surface area contributed by atoms with Crippen LogP contribution in [-0.2, 0) is 4.79 Å². The first-order valence-corrected chi connectivity index (χ1v) is 8.76. The molecule has 1 rings (SSSR count). The van der Waals surface area contributed by atoms with Crippen molar-refractivity contribution in [1.29, 1.82) is 0 Å². The van der Waals surface area contributed by atoms with Crippen LogP contribution in [0, 0.1) is 6.92 Å². The Hall–Kier alpha value is -1.40. The molecule has 0 aliphatic carbocycles. The minimum Gasteiger partial charge on any atom is -0.303 e. The molecule has 2 amide bonds. The summed E-state index contributed by atoms with van der Waals surface area (Å²) in [7, 11) is 0. The van der Waals surface area contributed by atoms with E-state index in [1.165, 1.54) is 11.3 Å². The lowest BCUT2D eigenvalue weighted by Gasteiger charge is -2.20. The second-order valence-electron chi connectivity index (χ2n) is 5.36. The number of hydrogen-bond acceptors (Lipinski definition) is 4. The maximum absolute atomic E-state index is 11.8. The van der Waals surface area contributed by atoms with Crippen LogP contribution in [0.5, 0.6) is 0 Å². The number of amides is 2. The molecular formula is C16H27N3O2S. The second-order valence-corrected chi connectivity index (χ2v) is 6.65. The molecule has 0 spiro atoms. The molecule has 22 heavy (non-hydrogen) atoms. The van der Waals surface area contributed by atoms with E-state index >= 15 is 0 Å². The lowest BCUT2D eigenvalue weighted by molar-refractivity contribution is -0.122. The molecule has 0 aliphatic heterocycles. The molecule has 6 heteroatoms. The third-order valence-electron chi connectivity index (χ3n) is 3.24. The quantitative estimate of drug-likeness (QED) is 0.686. The van der Waals surface area contributed by atoms with Gasteiger partial charge < -0.3 is 4.90 Å². The van der Waals surface area contributed by atoms with Crippen molar-refractivity contribution in [2.45, 2.75) is 46.5 Å². The average Bonchev–Trinajstić information content (AvgIpc) is 2.92. The highest BCUT2D eigenvalue weighted by Gasteiger charge is 2.09. The number of hydrogen-bond donors (Lipinski definition) is 2. The van der Waals surface area contributed by atoms with E-state index in [0.717, 1.165) is 43.8 Å². The molecule has 1 aromatic rings. The van der Waals surface area contributed by atoms with E-state index in [9.17, 15) is 9.59 Å². The van der Waals surface area contributed by atoms with Crippen LogP contribution in [-0.4, -0.2) is 36.3 Å². The highest BCUT2D eigenvalue weighted by Crippen LogP contribution is 2.14. The zero-order valence-electron chi connectivity index (χ0n) is 13.8. The van der Waals surface area contributed by atoms with Crippen LogP contribution in [0.1, 0.15) is 54.1 Å². The minimum atomic E-state index is -0.259. The van der Waals surface area contributed by atoms with E-state index in [0.29, 0.717) is 11.3 Å². The van der Waals surface area contributed by atoms with Gasteiger partial charge in [-0.3, -0.25) is 20.4 Å². The first-order valence-electron chi connectivity index (χ1n) is 7.94. The van der Waals surface area contributed by atoms with Crippen molar-refractivity contribution in [3.8, 4) is 0 Å². The van der Waals surface area contributed by atoms with Gasteiger partial charge in [-0.25, -0.2) is 0 Å². The van der Waals surface area contributed by atoms with Gasteiger partial charge in [0.05, 0.1) is 4.88 Å². The molecule has 5 nitrogen and oxygen atoms in total. The van der Waals surface area contributed by atoms with Gasteiger partial charge in [-0.1, -0.05) is 13.8 Å². The minimum absolute atomic E-state index is 0.144. The van der Waals surface area contributed by atoms with E-state index < -0.39 is 0 Å². The summed E-state index contributed by atoms with van der Waals surface area (Å²) in [5, 5.41) is 0. The Morgan fingerprint density at radius 2 is 1.77 bits per heavy atom. The van der Waals surface area contributed by atoms with Crippen LogP contribution in [0.15, 0.2) is 12.1 Å². The fourth-order valence-corrected chi connectivity index (χ4v) is 3.00. The Kier molecular flexibility index (Phi) is 8.77. The summed E-state index contributed by atoms with van der Waals surface area (Å²) >= 11 is 1.41. The summed E-state index contributed by atoms with van der Waals surface area (Å²) in [4.78, 5) is 27.6. The zero-order chi connectivity index (χ0) is 16.4. The van der Waals surface area contributed by atoms with Gasteiger partial charge in [0.2, 0.25) is 5.91 Å². The molecule has 0 atom stereocenters. The Morgan fingerprint density at radius 3 is 2.32 bits per heavy atom. The van der Waals surface area contributed by atoms with E-state index in [-0.39, 0.29) is 11.8 Å². The molecule has 0 saturated heterocycles. The standard InChI is InChI=1S/C16H27N3O2S/c1-4-10-19(11-5-2)12-6-7-15(20)17-18-16(21)14-9-8-13(3)22-14/h8-9H,4-7,10-12H2,1-3H3,(H,17,20)(H,18,21). The lowest BCUT2D eigenvalue weighted by Crippen LogP contribution is -2.41. The van der Waals surface area contributed by atoms with Gasteiger partial charge in [0, 0.05) is 11.3 Å². The number of carbonyl (C=O) groups is 2. The molecule has 124 valence electrons. The predicted octanol–water partition coefficient (Wildman–Crippen LogP) is 2.72. The maximum atomic E-state index is 11.8. The second kappa shape index (κ2) is 10.3. The van der Waals surface area contributed by atoms with Gasteiger partial charge in [0.1, 0.15) is 0 Å². The van der Waals surface area contributed by atoms with Gasteiger partial charge in [-0.15, -0.1) is 11.3 Å². The van der Waals surface area contributed by atoms with Gasteiger partial charge in [0.25, 0.3) is 5.91 Å². The van der Waals surface area contributed by atoms with Crippen molar-refractivity contribution in [2.75, 3.05) is 19.6 Å². The molecule has 2 N–H and O–H groups in total. The van der Waals surface area contributed by atoms with E-state index in [1.54, 1.807) is 6.07 Å². The van der Waals surface area contributed by atoms with E-state index in [4.69, 9.17) is 0 Å². The number of thiophene rings is 1. The maximum Gasteiger partial charge on any atom is 0.279 e. The summed E-state index contributed by atoms with van der Waals surface area (Å²) in [6.07, 6.45) is 3.48. The molecule has 0 radical (unpaired) electrons. The number of aryl methyl sites for hydroxylation is 1. The molecule has 0 bridgehead atoms. The molecular weight excluding hydrogens is 298 g/mol. The number of nitrogens with one attached hydrogen (secondary N) is 2. The number of carbonyl (C=O) groups excluding carboxylic acids is 2. The van der Waals surface area contributed by atoms with Gasteiger partial charge >= 0.3 is 0 Å². The van der Waals surface area contributed by atoms with Gasteiger partial charge in [-0.2, -0.15) is 0 Å². The van der Waals surface area contributed by atoms with Crippen molar-refractivity contribution in [2.24, 2.45) is 0 Å². The van der Waals surface area contributed by atoms with Crippen molar-refractivity contribution >= 4 is 23.2 Å². The summed E-state index contributed by atoms with van der Waals surface area (Å²) in [6, 6.07) is 3.65. The zero-order valence-corrected chi connectivity index (χ0v) is 14.6. The Labute approximate surface area is 137 Å². The van der Waals surface area contributed by atoms with E-state index in [2.05, 4.69) is 29.6 Å². The molecule has 0 fully saturated rings. The van der Waals surface area contributed by atoms with Crippen LogP contribution in [0.4, 0.5) is 0 Å². The largest absolute Gasteiger partial charge is 0.303 e. The van der Waals surface area contributed by atoms with Crippen LogP contribution in [0.3, 0.4) is 0 Å². The van der Waals surface area contributed by atoms with Crippen LogP contribution >= 0.6 is 11.3 Å². The Balaban J connectivity index is 2.21. The molecule has 0 aliphatic rings. The Bertz CT molecular complexity index is 468. The summed E-state index contributed by atoms with van der Waals surface area (Å²) in [5.74, 6) is -0.403. The van der Waals surface area contributed by atoms with Crippen LogP contribution in [0.25, 0.3) is 0 Å². The highest BCUT2D eigenvalue weighted by atomic mass is 32.1. The fraction of sp³-hybridized carbons (Fsp3) is 0.625. The first kappa shape index (κ1) is 18.6. The molecule has 0 aromatic carbocycles. The van der Waals surface area contributed by atoms with E-state index in [1.807, 2.05) is 13.0 Å². The third kappa shape index (κ3) is 7.04. The Morgan fingerprint density at radius 1 is 1.09 bits per heavy atom. The monoisotopic (exact) mass is 325 g/mol. The normalized spacial score (nSPS) is 10.7. The first-order chi connectivity index (χ1) is 10.6. The summed E-state index contributed by atoms with van der Waals surface area (Å²) < 4.78 is 0. The SMILES string of the molecule is CCCN(CCC)CCCC(=O)NNC(=O)c1ccc(C)s1. The van der Waals surface area contributed by atoms with Crippen LogP contribution in [0.2, 0.25) is 0 Å². The summed E-state index contributed by atoms with van der Waals surface area (Å²) in [6.45, 7) is 9.34. The van der Waals surface area contributed by atoms with Crippen molar-refractivity contribution in [3.05, 3.63) is 21.9 Å². The smallest absolute Gasteiger partial charge is 0.279 e. The third-order valence-corrected chi connectivity index (χ3v) is 4.24. The molecule has 0 saturated carbocycles. The number of rotatable bonds is 9. The van der Waals surface area contributed by atoms with Crippen molar-refractivity contribution < 1.29 is 9.59 Å². The van der Waals surface area contributed by atoms with Crippen molar-refractivity contribution in [1.82, 2.24) is 15.8 Å². The topological polar surface area (TPSA) is 61.4 Å².